The highest BCUT2D eigenvalue weighted by molar-refractivity contribution is 5.85. The van der Waals surface area contributed by atoms with E-state index < -0.39 is 23.4 Å². The van der Waals surface area contributed by atoms with E-state index in [0.29, 0.717) is 12.8 Å². The lowest BCUT2D eigenvalue weighted by Crippen LogP contribution is -2.49. The highest BCUT2D eigenvalue weighted by Gasteiger charge is 2.69. The van der Waals surface area contributed by atoms with Crippen molar-refractivity contribution in [1.29, 1.82) is 0 Å². The van der Waals surface area contributed by atoms with Gasteiger partial charge in [0, 0.05) is 5.92 Å². The molecule has 72 valence electrons. The van der Waals surface area contributed by atoms with E-state index in [1.807, 2.05) is 0 Å². The largest absolute Gasteiger partial charge is 0.481 e. The second-order valence-electron chi connectivity index (χ2n) is 3.94. The maximum absolute atomic E-state index is 10.8. The summed E-state index contributed by atoms with van der Waals surface area (Å²) in [7, 11) is 0. The minimum atomic E-state index is -1.28. The van der Waals surface area contributed by atoms with E-state index in [0.717, 1.165) is 0 Å². The monoisotopic (exact) mass is 185 g/mol. The molecule has 0 aromatic heterocycles. The molecule has 13 heavy (non-hydrogen) atoms. The molecule has 3 unspecified atom stereocenters. The minimum Gasteiger partial charge on any atom is -0.481 e. The Labute approximate surface area is 74.5 Å². The van der Waals surface area contributed by atoms with Crippen LogP contribution in [0.2, 0.25) is 0 Å². The molecular weight excluding hydrogens is 174 g/mol. The minimum absolute atomic E-state index is 0.00130. The van der Waals surface area contributed by atoms with Gasteiger partial charge in [-0.2, -0.15) is 0 Å². The Morgan fingerprint density at radius 1 is 1.38 bits per heavy atom. The molecule has 2 fully saturated rings. The first kappa shape index (κ1) is 8.50. The molecule has 4 N–H and O–H groups in total. The van der Waals surface area contributed by atoms with Crippen molar-refractivity contribution in [3.63, 3.8) is 0 Å². The maximum Gasteiger partial charge on any atom is 0.324 e. The van der Waals surface area contributed by atoms with Crippen LogP contribution < -0.4 is 5.73 Å². The molecule has 5 heteroatoms. The van der Waals surface area contributed by atoms with E-state index in [1.165, 1.54) is 0 Å². The molecule has 0 aromatic rings. The smallest absolute Gasteiger partial charge is 0.324 e. The van der Waals surface area contributed by atoms with Crippen LogP contribution in [0.3, 0.4) is 0 Å². The summed E-state index contributed by atoms with van der Waals surface area (Å²) in [6, 6.07) is 0. The molecule has 2 rings (SSSR count). The molecule has 0 bridgehead atoms. The van der Waals surface area contributed by atoms with Crippen molar-refractivity contribution in [3.8, 4) is 0 Å². The first-order chi connectivity index (χ1) is 5.98. The van der Waals surface area contributed by atoms with Crippen LogP contribution in [-0.4, -0.2) is 27.7 Å². The Kier molecular flexibility index (Phi) is 1.46. The van der Waals surface area contributed by atoms with E-state index in [9.17, 15) is 9.59 Å². The zero-order valence-corrected chi connectivity index (χ0v) is 6.93. The lowest BCUT2D eigenvalue weighted by Gasteiger charge is -2.20. The molecule has 2 saturated carbocycles. The van der Waals surface area contributed by atoms with Crippen LogP contribution in [0.15, 0.2) is 0 Å². The summed E-state index contributed by atoms with van der Waals surface area (Å²) < 4.78 is 0. The average Bonchev–Trinajstić information content (AvgIpc) is 2.66. The van der Waals surface area contributed by atoms with Crippen LogP contribution >= 0.6 is 0 Å². The average molecular weight is 185 g/mol. The van der Waals surface area contributed by atoms with Crippen molar-refractivity contribution < 1.29 is 19.8 Å². The summed E-state index contributed by atoms with van der Waals surface area (Å²) in [5, 5.41) is 17.6. The number of carbonyl (C=O) groups is 2. The van der Waals surface area contributed by atoms with Gasteiger partial charge >= 0.3 is 11.9 Å². The standard InChI is InChI=1S/C8H11NO4/c9-8(7(12)13)2-1-3-4(5(3)8)6(10)11/h3-5H,1-2,9H2,(H,10,11)(H,12,13)/t3?,4-,5?,8?/m0/s1. The van der Waals surface area contributed by atoms with Crippen LogP contribution in [-0.2, 0) is 9.59 Å². The molecule has 0 radical (unpaired) electrons. The first-order valence-corrected chi connectivity index (χ1v) is 4.23. The van der Waals surface area contributed by atoms with Gasteiger partial charge in [0.25, 0.3) is 0 Å². The normalized spacial score (nSPS) is 47.0. The van der Waals surface area contributed by atoms with Crippen molar-refractivity contribution in [3.05, 3.63) is 0 Å². The number of hydrogen-bond donors (Lipinski definition) is 3. The second-order valence-corrected chi connectivity index (χ2v) is 3.94. The predicted octanol–water partition coefficient (Wildman–Crippen LogP) is -0.491. The van der Waals surface area contributed by atoms with Crippen LogP contribution in [0, 0.1) is 17.8 Å². The Morgan fingerprint density at radius 3 is 2.38 bits per heavy atom. The van der Waals surface area contributed by atoms with Gasteiger partial charge < -0.3 is 15.9 Å². The molecule has 5 nitrogen and oxygen atoms in total. The number of fused-ring (bicyclic) bond motifs is 1. The predicted molar refractivity (Wildman–Crippen MR) is 41.9 cm³/mol. The Hall–Kier alpha value is -1.10. The Morgan fingerprint density at radius 2 is 2.00 bits per heavy atom. The molecule has 0 aromatic carbocycles. The fraction of sp³-hybridized carbons (Fsp3) is 0.750. The van der Waals surface area contributed by atoms with Crippen LogP contribution in [0.1, 0.15) is 12.8 Å². The van der Waals surface area contributed by atoms with Gasteiger partial charge in [0.2, 0.25) is 0 Å². The third kappa shape index (κ3) is 0.904. The van der Waals surface area contributed by atoms with Crippen LogP contribution in [0.5, 0.6) is 0 Å². The Balaban J connectivity index is 2.20. The zero-order chi connectivity index (χ0) is 9.80. The molecule has 0 spiro atoms. The molecule has 0 heterocycles. The van der Waals surface area contributed by atoms with E-state index >= 15 is 0 Å². The van der Waals surface area contributed by atoms with Gasteiger partial charge in [-0.3, -0.25) is 9.59 Å². The van der Waals surface area contributed by atoms with E-state index in [4.69, 9.17) is 15.9 Å². The van der Waals surface area contributed by atoms with Gasteiger partial charge in [-0.05, 0) is 18.8 Å². The number of carboxylic acid groups (broad SMARTS) is 2. The lowest BCUT2D eigenvalue weighted by molar-refractivity contribution is -0.145. The number of aliphatic carboxylic acids is 2. The summed E-state index contributed by atoms with van der Waals surface area (Å²) in [4.78, 5) is 21.4. The van der Waals surface area contributed by atoms with Crippen molar-refractivity contribution in [2.75, 3.05) is 0 Å². The van der Waals surface area contributed by atoms with Gasteiger partial charge in [0.15, 0.2) is 0 Å². The van der Waals surface area contributed by atoms with Crippen molar-refractivity contribution >= 4 is 11.9 Å². The van der Waals surface area contributed by atoms with Crippen molar-refractivity contribution in [2.45, 2.75) is 18.4 Å². The number of rotatable bonds is 2. The first-order valence-electron chi connectivity index (χ1n) is 4.23. The third-order valence-corrected chi connectivity index (χ3v) is 3.34. The Bertz CT molecular complexity index is 290. The highest BCUT2D eigenvalue weighted by Crippen LogP contribution is 2.61. The maximum atomic E-state index is 10.8. The van der Waals surface area contributed by atoms with Crippen LogP contribution in [0.25, 0.3) is 0 Å². The number of hydrogen-bond acceptors (Lipinski definition) is 3. The second kappa shape index (κ2) is 2.23. The van der Waals surface area contributed by atoms with Gasteiger partial charge in [-0.15, -0.1) is 0 Å². The van der Waals surface area contributed by atoms with Crippen LogP contribution in [0.4, 0.5) is 0 Å². The number of carboxylic acids is 2. The zero-order valence-electron chi connectivity index (χ0n) is 6.93. The topological polar surface area (TPSA) is 101 Å². The highest BCUT2D eigenvalue weighted by atomic mass is 16.4. The number of nitrogens with two attached hydrogens (primary N) is 1. The van der Waals surface area contributed by atoms with E-state index in [1.54, 1.807) is 0 Å². The lowest BCUT2D eigenvalue weighted by atomic mass is 9.92. The van der Waals surface area contributed by atoms with Gasteiger partial charge in [-0.1, -0.05) is 0 Å². The van der Waals surface area contributed by atoms with Gasteiger partial charge in [-0.25, -0.2) is 0 Å². The fourth-order valence-corrected chi connectivity index (χ4v) is 2.59. The molecule has 2 aliphatic carbocycles. The SMILES string of the molecule is NC1(C(=O)O)CCC2C1[C@H]2C(=O)O. The summed E-state index contributed by atoms with van der Waals surface area (Å²) in [5.74, 6) is -2.84. The molecule has 0 aliphatic heterocycles. The van der Waals surface area contributed by atoms with E-state index in [-0.39, 0.29) is 11.8 Å². The van der Waals surface area contributed by atoms with Crippen molar-refractivity contribution in [1.82, 2.24) is 0 Å². The van der Waals surface area contributed by atoms with Crippen molar-refractivity contribution in [2.24, 2.45) is 23.5 Å². The summed E-state index contributed by atoms with van der Waals surface area (Å²) in [6.45, 7) is 0. The molecule has 0 amide bonds. The van der Waals surface area contributed by atoms with E-state index in [2.05, 4.69) is 0 Å². The summed E-state index contributed by atoms with van der Waals surface area (Å²) in [6.07, 6.45) is 1.03. The van der Waals surface area contributed by atoms with Gasteiger partial charge in [0.1, 0.15) is 5.54 Å². The fourth-order valence-electron chi connectivity index (χ4n) is 2.59. The van der Waals surface area contributed by atoms with Gasteiger partial charge in [0.05, 0.1) is 5.92 Å². The molecule has 0 saturated heterocycles. The quantitative estimate of drug-likeness (QED) is 0.539. The summed E-state index contributed by atoms with van der Waals surface area (Å²) >= 11 is 0. The molecule has 2 aliphatic rings. The summed E-state index contributed by atoms with van der Waals surface area (Å²) in [5.41, 5.74) is 4.37. The molecule has 4 atom stereocenters. The third-order valence-electron chi connectivity index (χ3n) is 3.34. The molecular formula is C8H11NO4.